The predicted molar refractivity (Wildman–Crippen MR) is 155 cm³/mol. The molecule has 1 aromatic heterocycles. The predicted octanol–water partition coefficient (Wildman–Crippen LogP) is 6.64. The van der Waals surface area contributed by atoms with Crippen molar-refractivity contribution in [2.75, 3.05) is 11.9 Å². The standard InChI is InChI=1S/C28H26Br2N4O3/c1-4-18(3)27-33-24-11-8-20(29)14-22(24)28(36)34(27)31-15-19-7-12-25(23(30)13-19)37-16-26(35)32-21-9-5-17(2)6-10-21/h5-15,18H,4,16H2,1-3H3,(H,32,35)/t18-/m0/s1. The summed E-state index contributed by atoms with van der Waals surface area (Å²) in [5, 5.41) is 7.80. The molecule has 1 amide bonds. The highest BCUT2D eigenvalue weighted by Crippen LogP contribution is 2.26. The van der Waals surface area contributed by atoms with E-state index in [-0.39, 0.29) is 24.0 Å². The molecular formula is C28H26Br2N4O3. The van der Waals surface area contributed by atoms with E-state index >= 15 is 0 Å². The number of hydrogen-bond acceptors (Lipinski definition) is 5. The van der Waals surface area contributed by atoms with Gasteiger partial charge in [-0.2, -0.15) is 9.78 Å². The molecule has 1 N–H and O–H groups in total. The summed E-state index contributed by atoms with van der Waals surface area (Å²) in [6.07, 6.45) is 2.43. The number of anilines is 1. The molecule has 0 saturated heterocycles. The Morgan fingerprint density at radius 1 is 1.14 bits per heavy atom. The zero-order valence-electron chi connectivity index (χ0n) is 20.7. The lowest BCUT2D eigenvalue weighted by atomic mass is 10.1. The third-order valence-electron chi connectivity index (χ3n) is 5.86. The number of halogens is 2. The minimum Gasteiger partial charge on any atom is -0.483 e. The number of rotatable bonds is 8. The number of hydrogen-bond donors (Lipinski definition) is 1. The number of fused-ring (bicyclic) bond motifs is 1. The van der Waals surface area contributed by atoms with Crippen molar-refractivity contribution in [2.45, 2.75) is 33.1 Å². The Morgan fingerprint density at radius 3 is 2.59 bits per heavy atom. The van der Waals surface area contributed by atoms with Gasteiger partial charge in [-0.3, -0.25) is 9.59 Å². The summed E-state index contributed by atoms with van der Waals surface area (Å²) in [6, 6.07) is 18.4. The second-order valence-electron chi connectivity index (χ2n) is 8.70. The second kappa shape index (κ2) is 11.8. The van der Waals surface area contributed by atoms with E-state index in [2.05, 4.69) is 42.3 Å². The van der Waals surface area contributed by atoms with Crippen molar-refractivity contribution in [1.82, 2.24) is 9.66 Å². The van der Waals surface area contributed by atoms with Crippen molar-refractivity contribution < 1.29 is 9.53 Å². The van der Waals surface area contributed by atoms with Crippen molar-refractivity contribution in [3.05, 3.63) is 96.9 Å². The number of carbonyl (C=O) groups excluding carboxylic acids is 1. The molecule has 0 saturated carbocycles. The quantitative estimate of drug-likeness (QED) is 0.222. The Hall–Kier alpha value is -3.30. The highest BCUT2D eigenvalue weighted by atomic mass is 79.9. The van der Waals surface area contributed by atoms with Crippen LogP contribution < -0.4 is 15.6 Å². The zero-order valence-corrected chi connectivity index (χ0v) is 23.8. The summed E-state index contributed by atoms with van der Waals surface area (Å²) < 4.78 is 8.52. The fourth-order valence-electron chi connectivity index (χ4n) is 3.60. The van der Waals surface area contributed by atoms with Gasteiger partial charge < -0.3 is 10.1 Å². The maximum absolute atomic E-state index is 13.3. The van der Waals surface area contributed by atoms with Gasteiger partial charge >= 0.3 is 0 Å². The molecule has 7 nitrogen and oxygen atoms in total. The molecule has 37 heavy (non-hydrogen) atoms. The normalized spacial score (nSPS) is 12.1. The Bertz CT molecular complexity index is 1530. The minimum absolute atomic E-state index is 0.0477. The van der Waals surface area contributed by atoms with E-state index in [1.807, 2.05) is 63.2 Å². The van der Waals surface area contributed by atoms with Crippen LogP contribution in [0.2, 0.25) is 0 Å². The van der Waals surface area contributed by atoms with Crippen LogP contribution in [0.15, 0.2) is 79.5 Å². The van der Waals surface area contributed by atoms with E-state index in [1.54, 1.807) is 24.4 Å². The topological polar surface area (TPSA) is 85.6 Å². The number of aromatic nitrogens is 2. The number of nitrogens with one attached hydrogen (secondary N) is 1. The molecule has 0 aliphatic rings. The molecule has 190 valence electrons. The van der Waals surface area contributed by atoms with Gasteiger partial charge in [-0.05, 0) is 83.4 Å². The number of nitrogens with zero attached hydrogens (tertiary/aromatic N) is 3. The van der Waals surface area contributed by atoms with Gasteiger partial charge in [0.1, 0.15) is 11.6 Å². The first-order chi connectivity index (χ1) is 17.7. The van der Waals surface area contributed by atoms with Gasteiger partial charge in [-0.1, -0.05) is 47.5 Å². The number of aryl methyl sites for hydroxylation is 1. The largest absolute Gasteiger partial charge is 0.483 e. The average molecular weight is 626 g/mol. The molecule has 9 heteroatoms. The van der Waals surface area contributed by atoms with Crippen molar-refractivity contribution in [3.63, 3.8) is 0 Å². The van der Waals surface area contributed by atoms with E-state index in [1.165, 1.54) is 4.68 Å². The lowest BCUT2D eigenvalue weighted by Gasteiger charge is -2.14. The first-order valence-electron chi connectivity index (χ1n) is 11.8. The SMILES string of the molecule is CC[C@H](C)c1nc2ccc(Br)cc2c(=O)n1N=Cc1ccc(OCC(=O)Nc2ccc(C)cc2)c(Br)c1. The van der Waals surface area contributed by atoms with Gasteiger partial charge in [0, 0.05) is 16.1 Å². The van der Waals surface area contributed by atoms with Crippen LogP contribution in [-0.4, -0.2) is 28.4 Å². The fourth-order valence-corrected chi connectivity index (χ4v) is 4.47. The molecule has 0 aliphatic carbocycles. The van der Waals surface area contributed by atoms with E-state index in [9.17, 15) is 9.59 Å². The summed E-state index contributed by atoms with van der Waals surface area (Å²) in [5.74, 6) is 0.920. The van der Waals surface area contributed by atoms with Gasteiger partial charge in [0.25, 0.3) is 11.5 Å². The fraction of sp³-hybridized carbons (Fsp3) is 0.214. The summed E-state index contributed by atoms with van der Waals surface area (Å²) in [5.41, 5.74) is 3.00. The lowest BCUT2D eigenvalue weighted by Crippen LogP contribution is -2.23. The van der Waals surface area contributed by atoms with E-state index in [4.69, 9.17) is 9.72 Å². The Morgan fingerprint density at radius 2 is 1.89 bits per heavy atom. The molecule has 0 bridgehead atoms. The van der Waals surface area contributed by atoms with Gasteiger partial charge in [0.05, 0.1) is 21.6 Å². The van der Waals surface area contributed by atoms with Crippen LogP contribution in [0.1, 0.15) is 43.1 Å². The highest BCUT2D eigenvalue weighted by molar-refractivity contribution is 9.10. The summed E-state index contributed by atoms with van der Waals surface area (Å²) >= 11 is 6.92. The number of amides is 1. The second-order valence-corrected chi connectivity index (χ2v) is 10.5. The van der Waals surface area contributed by atoms with Gasteiger partial charge in [-0.15, -0.1) is 0 Å². The summed E-state index contributed by atoms with van der Waals surface area (Å²) in [6.45, 7) is 5.93. The van der Waals surface area contributed by atoms with Crippen molar-refractivity contribution >= 4 is 60.6 Å². The Labute approximate surface area is 231 Å². The molecule has 3 aromatic carbocycles. The minimum atomic E-state index is -0.256. The summed E-state index contributed by atoms with van der Waals surface area (Å²) in [4.78, 5) is 30.3. The van der Waals surface area contributed by atoms with Crippen LogP contribution in [0.3, 0.4) is 0 Å². The van der Waals surface area contributed by atoms with Gasteiger partial charge in [0.2, 0.25) is 0 Å². The van der Waals surface area contributed by atoms with Crippen LogP contribution in [0.4, 0.5) is 5.69 Å². The van der Waals surface area contributed by atoms with Crippen LogP contribution in [0.25, 0.3) is 10.9 Å². The third kappa shape index (κ3) is 6.53. The first-order valence-corrected chi connectivity index (χ1v) is 13.4. The highest BCUT2D eigenvalue weighted by Gasteiger charge is 2.16. The van der Waals surface area contributed by atoms with Crippen LogP contribution in [-0.2, 0) is 4.79 Å². The van der Waals surface area contributed by atoms with E-state index < -0.39 is 0 Å². The molecule has 0 aliphatic heterocycles. The third-order valence-corrected chi connectivity index (χ3v) is 6.97. The molecule has 4 aromatic rings. The van der Waals surface area contributed by atoms with Crippen molar-refractivity contribution in [1.29, 1.82) is 0 Å². The number of benzene rings is 3. The summed E-state index contributed by atoms with van der Waals surface area (Å²) in [7, 11) is 0. The van der Waals surface area contributed by atoms with E-state index in [0.717, 1.165) is 22.0 Å². The Balaban J connectivity index is 1.52. The monoisotopic (exact) mass is 624 g/mol. The Kier molecular flexibility index (Phi) is 8.56. The molecular weight excluding hydrogens is 600 g/mol. The van der Waals surface area contributed by atoms with Crippen LogP contribution >= 0.6 is 31.9 Å². The van der Waals surface area contributed by atoms with Crippen LogP contribution in [0.5, 0.6) is 5.75 Å². The van der Waals surface area contributed by atoms with Crippen LogP contribution in [0, 0.1) is 6.92 Å². The van der Waals surface area contributed by atoms with E-state index in [0.29, 0.717) is 32.6 Å². The van der Waals surface area contributed by atoms with Gasteiger partial charge in [0.15, 0.2) is 6.61 Å². The molecule has 0 spiro atoms. The van der Waals surface area contributed by atoms with Gasteiger partial charge in [-0.25, -0.2) is 4.98 Å². The number of ether oxygens (including phenoxy) is 1. The maximum atomic E-state index is 13.3. The molecule has 0 radical (unpaired) electrons. The molecule has 0 fully saturated rings. The first kappa shape index (κ1) is 26.8. The zero-order chi connectivity index (χ0) is 26.5. The van der Waals surface area contributed by atoms with Crippen molar-refractivity contribution in [2.24, 2.45) is 5.10 Å². The number of carbonyl (C=O) groups is 1. The molecule has 4 rings (SSSR count). The smallest absolute Gasteiger partial charge is 0.282 e. The average Bonchev–Trinajstić information content (AvgIpc) is 2.88. The maximum Gasteiger partial charge on any atom is 0.282 e. The molecule has 0 unspecified atom stereocenters. The lowest BCUT2D eigenvalue weighted by molar-refractivity contribution is -0.118. The molecule has 1 atom stereocenters. The molecule has 1 heterocycles. The van der Waals surface area contributed by atoms with Crippen molar-refractivity contribution in [3.8, 4) is 5.75 Å².